The molecule has 146 valence electrons. The lowest BCUT2D eigenvalue weighted by Crippen LogP contribution is -2.42. The molecule has 0 saturated carbocycles. The van der Waals surface area contributed by atoms with Crippen molar-refractivity contribution in [3.05, 3.63) is 44.9 Å². The van der Waals surface area contributed by atoms with Gasteiger partial charge in [-0.25, -0.2) is 9.78 Å². The van der Waals surface area contributed by atoms with Crippen LogP contribution in [0.3, 0.4) is 0 Å². The van der Waals surface area contributed by atoms with Crippen LogP contribution in [0.1, 0.15) is 40.6 Å². The van der Waals surface area contributed by atoms with Crippen LogP contribution in [-0.4, -0.2) is 30.0 Å². The van der Waals surface area contributed by atoms with E-state index in [1.165, 1.54) is 18.4 Å². The van der Waals surface area contributed by atoms with Crippen LogP contribution in [0.5, 0.6) is 5.75 Å². The molecule has 0 spiro atoms. The average molecular weight is 411 g/mol. The van der Waals surface area contributed by atoms with E-state index in [-0.39, 0.29) is 18.4 Å². The molecule has 6 nitrogen and oxygen atoms in total. The number of thiazole rings is 1. The zero-order chi connectivity index (χ0) is 20.0. The Morgan fingerprint density at radius 3 is 2.52 bits per heavy atom. The number of rotatable bonds is 8. The van der Waals surface area contributed by atoms with Crippen molar-refractivity contribution in [2.24, 2.45) is 5.92 Å². The number of ether oxygens (including phenoxy) is 2. The number of hydrogen-bond donors (Lipinski definition) is 1. The molecular formula is C19H23ClN2O4S. The summed E-state index contributed by atoms with van der Waals surface area (Å²) in [4.78, 5) is 29.4. The number of amides is 1. The Morgan fingerprint density at radius 2 is 1.93 bits per heavy atom. The molecule has 8 heteroatoms. The van der Waals surface area contributed by atoms with E-state index in [1.807, 2.05) is 13.8 Å². The van der Waals surface area contributed by atoms with E-state index in [4.69, 9.17) is 21.1 Å². The van der Waals surface area contributed by atoms with Gasteiger partial charge in [-0.2, -0.15) is 0 Å². The molecule has 0 aliphatic heterocycles. The Bertz CT molecular complexity index is 790. The largest absolute Gasteiger partial charge is 0.486 e. The van der Waals surface area contributed by atoms with E-state index in [9.17, 15) is 9.59 Å². The average Bonchev–Trinajstić information content (AvgIpc) is 3.00. The summed E-state index contributed by atoms with van der Waals surface area (Å²) in [6.45, 7) is 5.96. The molecule has 0 aliphatic rings. The number of benzene rings is 1. The number of aromatic nitrogens is 1. The SMILES string of the molecule is COC(=O)C(CC(C)C)NC(=O)c1sc(COc2ccc(Cl)cc2)nc1C. The molecule has 1 aromatic heterocycles. The molecule has 27 heavy (non-hydrogen) atoms. The summed E-state index contributed by atoms with van der Waals surface area (Å²) in [7, 11) is 1.31. The minimum Gasteiger partial charge on any atom is -0.486 e. The highest BCUT2D eigenvalue weighted by Gasteiger charge is 2.25. The van der Waals surface area contributed by atoms with Crippen molar-refractivity contribution < 1.29 is 19.1 Å². The molecule has 0 fully saturated rings. The summed E-state index contributed by atoms with van der Waals surface area (Å²) >= 11 is 7.09. The number of hydrogen-bond acceptors (Lipinski definition) is 6. The van der Waals surface area contributed by atoms with Crippen LogP contribution in [-0.2, 0) is 16.1 Å². The van der Waals surface area contributed by atoms with Gasteiger partial charge >= 0.3 is 5.97 Å². The van der Waals surface area contributed by atoms with Gasteiger partial charge in [-0.15, -0.1) is 11.3 Å². The van der Waals surface area contributed by atoms with E-state index in [1.54, 1.807) is 31.2 Å². The number of carbonyl (C=O) groups excluding carboxylic acids is 2. The topological polar surface area (TPSA) is 77.5 Å². The number of nitrogens with one attached hydrogen (secondary N) is 1. The number of carbonyl (C=O) groups is 2. The van der Waals surface area contributed by atoms with Gasteiger partial charge in [-0.3, -0.25) is 4.79 Å². The fraction of sp³-hybridized carbons (Fsp3) is 0.421. The molecule has 1 unspecified atom stereocenters. The Labute approximate surface area is 167 Å². The fourth-order valence-electron chi connectivity index (χ4n) is 2.45. The lowest BCUT2D eigenvalue weighted by Gasteiger charge is -2.17. The molecule has 1 atom stereocenters. The molecule has 1 amide bonds. The number of aryl methyl sites for hydroxylation is 1. The molecule has 0 aliphatic carbocycles. The molecular weight excluding hydrogens is 388 g/mol. The van der Waals surface area contributed by atoms with Crippen molar-refractivity contribution in [1.29, 1.82) is 0 Å². The van der Waals surface area contributed by atoms with E-state index in [0.717, 1.165) is 0 Å². The minimum absolute atomic E-state index is 0.236. The monoisotopic (exact) mass is 410 g/mol. The Hall–Kier alpha value is -2.12. The van der Waals surface area contributed by atoms with Gasteiger partial charge in [-0.05, 0) is 43.5 Å². The number of esters is 1. The van der Waals surface area contributed by atoms with Gasteiger partial charge in [0.1, 0.15) is 28.3 Å². The second-order valence-corrected chi connectivity index (χ2v) is 7.96. The highest BCUT2D eigenvalue weighted by Crippen LogP contribution is 2.22. The molecule has 2 rings (SSSR count). The Morgan fingerprint density at radius 1 is 1.26 bits per heavy atom. The predicted octanol–water partition coefficient (Wildman–Crippen LogP) is 4.00. The zero-order valence-electron chi connectivity index (χ0n) is 15.7. The van der Waals surface area contributed by atoms with Crippen molar-refractivity contribution in [3.8, 4) is 5.75 Å². The molecule has 0 saturated heterocycles. The quantitative estimate of drug-likeness (QED) is 0.665. The van der Waals surface area contributed by atoms with E-state index >= 15 is 0 Å². The van der Waals surface area contributed by atoms with Crippen LogP contribution in [0.2, 0.25) is 5.02 Å². The highest BCUT2D eigenvalue weighted by molar-refractivity contribution is 7.13. The van der Waals surface area contributed by atoms with Crippen molar-refractivity contribution in [3.63, 3.8) is 0 Å². The summed E-state index contributed by atoms with van der Waals surface area (Å²) in [5, 5.41) is 4.06. The van der Waals surface area contributed by atoms with Crippen LogP contribution in [0.25, 0.3) is 0 Å². The Balaban J connectivity index is 2.04. The molecule has 1 N–H and O–H groups in total. The lowest BCUT2D eigenvalue weighted by atomic mass is 10.0. The van der Waals surface area contributed by atoms with Crippen LogP contribution in [0.4, 0.5) is 0 Å². The number of nitrogens with zero attached hydrogens (tertiary/aromatic N) is 1. The molecule has 2 aromatic rings. The molecule has 1 heterocycles. The number of halogens is 1. The van der Waals surface area contributed by atoms with Crippen molar-refractivity contribution in [2.45, 2.75) is 39.8 Å². The first kappa shape index (κ1) is 21.2. The second-order valence-electron chi connectivity index (χ2n) is 6.44. The summed E-state index contributed by atoms with van der Waals surface area (Å²) < 4.78 is 10.5. The maximum Gasteiger partial charge on any atom is 0.328 e. The minimum atomic E-state index is -0.683. The second kappa shape index (κ2) is 9.71. The van der Waals surface area contributed by atoms with Gasteiger partial charge in [-0.1, -0.05) is 25.4 Å². The normalized spacial score (nSPS) is 11.9. The van der Waals surface area contributed by atoms with E-state index in [2.05, 4.69) is 10.3 Å². The lowest BCUT2D eigenvalue weighted by molar-refractivity contribution is -0.143. The van der Waals surface area contributed by atoms with E-state index in [0.29, 0.717) is 32.8 Å². The number of methoxy groups -OCH3 is 1. The van der Waals surface area contributed by atoms with Crippen LogP contribution >= 0.6 is 22.9 Å². The van der Waals surface area contributed by atoms with Crippen molar-refractivity contribution >= 4 is 34.8 Å². The highest BCUT2D eigenvalue weighted by atomic mass is 35.5. The standard InChI is InChI=1S/C19H23ClN2O4S/c1-11(2)9-15(19(24)25-4)22-18(23)17-12(3)21-16(27-17)10-26-14-7-5-13(20)6-8-14/h5-8,11,15H,9-10H2,1-4H3,(H,22,23). The van der Waals surface area contributed by atoms with Crippen molar-refractivity contribution in [2.75, 3.05) is 7.11 Å². The first-order valence-electron chi connectivity index (χ1n) is 8.53. The summed E-state index contributed by atoms with van der Waals surface area (Å²) in [5.74, 6) is 0.116. The smallest absolute Gasteiger partial charge is 0.328 e. The van der Waals surface area contributed by atoms with Crippen molar-refractivity contribution in [1.82, 2.24) is 10.3 Å². The van der Waals surface area contributed by atoms with Gasteiger partial charge in [0.05, 0.1) is 12.8 Å². The zero-order valence-corrected chi connectivity index (χ0v) is 17.3. The fourth-order valence-corrected chi connectivity index (χ4v) is 3.46. The summed E-state index contributed by atoms with van der Waals surface area (Å²) in [6.07, 6.45) is 0.503. The van der Waals surface area contributed by atoms with Gasteiger partial charge in [0, 0.05) is 5.02 Å². The van der Waals surface area contributed by atoms with Gasteiger partial charge < -0.3 is 14.8 Å². The Kier molecular flexibility index (Phi) is 7.62. The van der Waals surface area contributed by atoms with Gasteiger partial charge in [0.25, 0.3) is 5.91 Å². The van der Waals surface area contributed by atoms with Crippen LogP contribution in [0.15, 0.2) is 24.3 Å². The van der Waals surface area contributed by atoms with Crippen LogP contribution < -0.4 is 10.1 Å². The molecule has 0 radical (unpaired) electrons. The molecule has 0 bridgehead atoms. The summed E-state index contributed by atoms with van der Waals surface area (Å²) in [6, 6.07) is 6.33. The first-order valence-corrected chi connectivity index (χ1v) is 9.73. The van der Waals surface area contributed by atoms with Crippen LogP contribution in [0, 0.1) is 12.8 Å². The van der Waals surface area contributed by atoms with Gasteiger partial charge in [0.15, 0.2) is 0 Å². The predicted molar refractivity (Wildman–Crippen MR) is 105 cm³/mol. The third kappa shape index (κ3) is 6.22. The molecule has 1 aromatic carbocycles. The van der Waals surface area contributed by atoms with E-state index < -0.39 is 12.0 Å². The summed E-state index contributed by atoms with van der Waals surface area (Å²) in [5.41, 5.74) is 0.598. The maximum absolute atomic E-state index is 12.6. The third-order valence-electron chi connectivity index (χ3n) is 3.72. The third-order valence-corrected chi connectivity index (χ3v) is 5.10. The van der Waals surface area contributed by atoms with Gasteiger partial charge in [0.2, 0.25) is 0 Å². The maximum atomic E-state index is 12.6. The first-order chi connectivity index (χ1) is 12.8.